The first kappa shape index (κ1) is 9.34. The summed E-state index contributed by atoms with van der Waals surface area (Å²) in [5, 5.41) is 4.25. The molecule has 72 valence electrons. The van der Waals surface area contributed by atoms with Crippen LogP contribution in [0.25, 0.3) is 0 Å². The van der Waals surface area contributed by atoms with E-state index in [0.717, 1.165) is 17.9 Å². The molecule has 1 aromatic heterocycles. The van der Waals surface area contributed by atoms with Crippen LogP contribution in [0.5, 0.6) is 0 Å². The molecule has 0 N–H and O–H groups in total. The molecular weight excluding hydrogens is 192 g/mol. The maximum absolute atomic E-state index is 4.25. The highest BCUT2D eigenvalue weighted by atomic mass is 32.1. The summed E-state index contributed by atoms with van der Waals surface area (Å²) in [4.78, 5) is 0. The second kappa shape index (κ2) is 4.33. The van der Waals surface area contributed by atoms with E-state index >= 15 is 0 Å². The van der Waals surface area contributed by atoms with Gasteiger partial charge < -0.3 is 0 Å². The van der Waals surface area contributed by atoms with Crippen LogP contribution >= 0.6 is 12.6 Å². The first-order valence-corrected chi connectivity index (χ1v) is 5.18. The number of hydrogen-bond donors (Lipinski definition) is 1. The van der Waals surface area contributed by atoms with Gasteiger partial charge in [-0.25, -0.2) is 0 Å². The summed E-state index contributed by atoms with van der Waals surface area (Å²) in [6, 6.07) is 10.3. The summed E-state index contributed by atoms with van der Waals surface area (Å²) < 4.78 is 1.93. The molecule has 3 heteroatoms. The first-order chi connectivity index (χ1) is 6.88. The fourth-order valence-electron chi connectivity index (χ4n) is 1.34. The minimum atomic E-state index is 0.745. The van der Waals surface area contributed by atoms with Crippen molar-refractivity contribution in [3.8, 4) is 0 Å². The van der Waals surface area contributed by atoms with E-state index in [4.69, 9.17) is 0 Å². The monoisotopic (exact) mass is 204 g/mol. The summed E-state index contributed by atoms with van der Waals surface area (Å²) in [6.07, 6.45) is 3.88. The maximum Gasteiger partial charge on any atom is 0.0659 e. The summed E-state index contributed by atoms with van der Waals surface area (Å²) in [5.41, 5.74) is 2.42. The van der Waals surface area contributed by atoms with E-state index in [9.17, 15) is 0 Å². The predicted molar refractivity (Wildman–Crippen MR) is 60.5 cm³/mol. The Labute approximate surface area is 89.0 Å². The molecule has 0 radical (unpaired) electrons. The van der Waals surface area contributed by atoms with Crippen molar-refractivity contribution in [3.05, 3.63) is 53.9 Å². The van der Waals surface area contributed by atoms with Crippen LogP contribution in [0.4, 0.5) is 0 Å². The average molecular weight is 204 g/mol. The van der Waals surface area contributed by atoms with Crippen LogP contribution in [-0.4, -0.2) is 9.78 Å². The Bertz CT molecular complexity index is 395. The average Bonchev–Trinajstić information content (AvgIpc) is 2.67. The molecule has 0 bridgehead atoms. The molecule has 0 spiro atoms. The van der Waals surface area contributed by atoms with Gasteiger partial charge in [0.25, 0.3) is 0 Å². The smallest absolute Gasteiger partial charge is 0.0659 e. The number of benzene rings is 1. The summed E-state index contributed by atoms with van der Waals surface area (Å²) in [5.74, 6) is 0.745. The van der Waals surface area contributed by atoms with Gasteiger partial charge in [0.1, 0.15) is 0 Å². The van der Waals surface area contributed by atoms with Gasteiger partial charge in [-0.1, -0.05) is 30.3 Å². The fourth-order valence-corrected chi connectivity index (χ4v) is 1.51. The standard InChI is InChI=1S/C11H12N2S/c14-9-11-6-12-13(8-11)7-10-4-2-1-3-5-10/h1-6,8,14H,7,9H2. The Morgan fingerprint density at radius 2 is 1.93 bits per heavy atom. The summed E-state index contributed by atoms with van der Waals surface area (Å²) in [7, 11) is 0. The predicted octanol–water partition coefficient (Wildman–Crippen LogP) is 2.36. The lowest BCUT2D eigenvalue weighted by molar-refractivity contribution is 0.686. The van der Waals surface area contributed by atoms with Gasteiger partial charge in [0.15, 0.2) is 0 Å². The van der Waals surface area contributed by atoms with Gasteiger partial charge >= 0.3 is 0 Å². The topological polar surface area (TPSA) is 17.8 Å². The van der Waals surface area contributed by atoms with E-state index in [1.54, 1.807) is 0 Å². The lowest BCUT2D eigenvalue weighted by Gasteiger charge is -2.00. The summed E-state index contributed by atoms with van der Waals surface area (Å²) in [6.45, 7) is 0.828. The van der Waals surface area contributed by atoms with E-state index in [1.165, 1.54) is 5.56 Å². The lowest BCUT2D eigenvalue weighted by Crippen LogP contribution is -1.99. The van der Waals surface area contributed by atoms with Crippen LogP contribution in [-0.2, 0) is 12.3 Å². The van der Waals surface area contributed by atoms with Crippen LogP contribution in [0.3, 0.4) is 0 Å². The number of nitrogens with zero attached hydrogens (tertiary/aromatic N) is 2. The quantitative estimate of drug-likeness (QED) is 0.760. The normalized spacial score (nSPS) is 10.4. The number of hydrogen-bond acceptors (Lipinski definition) is 2. The Balaban J connectivity index is 2.11. The molecule has 1 heterocycles. The molecule has 2 rings (SSSR count). The second-order valence-corrected chi connectivity index (χ2v) is 3.51. The molecular formula is C11H12N2S. The first-order valence-electron chi connectivity index (χ1n) is 4.54. The highest BCUT2D eigenvalue weighted by molar-refractivity contribution is 7.79. The van der Waals surface area contributed by atoms with Crippen LogP contribution in [0.15, 0.2) is 42.7 Å². The van der Waals surface area contributed by atoms with Crippen molar-refractivity contribution in [2.24, 2.45) is 0 Å². The number of aromatic nitrogens is 2. The van der Waals surface area contributed by atoms with Gasteiger partial charge in [-0.05, 0) is 11.1 Å². The third kappa shape index (κ3) is 2.17. The second-order valence-electron chi connectivity index (χ2n) is 3.19. The molecule has 0 aliphatic rings. The van der Waals surface area contributed by atoms with Crippen molar-refractivity contribution in [2.75, 3.05) is 0 Å². The molecule has 0 saturated carbocycles. The molecule has 0 aliphatic heterocycles. The largest absolute Gasteiger partial charge is 0.268 e. The molecule has 0 fully saturated rings. The molecule has 1 aromatic carbocycles. The van der Waals surface area contributed by atoms with Crippen molar-refractivity contribution in [2.45, 2.75) is 12.3 Å². The Morgan fingerprint density at radius 1 is 1.14 bits per heavy atom. The summed E-state index contributed by atoms with van der Waals surface area (Å²) >= 11 is 4.20. The van der Waals surface area contributed by atoms with Crippen molar-refractivity contribution in [3.63, 3.8) is 0 Å². The van der Waals surface area contributed by atoms with Crippen LogP contribution in [0, 0.1) is 0 Å². The Hall–Kier alpha value is -1.22. The number of rotatable bonds is 3. The Kier molecular flexibility index (Phi) is 2.89. The minimum Gasteiger partial charge on any atom is -0.268 e. The Morgan fingerprint density at radius 3 is 2.57 bits per heavy atom. The van der Waals surface area contributed by atoms with Crippen LogP contribution in [0.2, 0.25) is 0 Å². The molecule has 0 amide bonds. The van der Waals surface area contributed by atoms with Crippen molar-refractivity contribution in [1.82, 2.24) is 9.78 Å². The van der Waals surface area contributed by atoms with Crippen molar-refractivity contribution < 1.29 is 0 Å². The fraction of sp³-hybridized carbons (Fsp3) is 0.182. The van der Waals surface area contributed by atoms with Crippen LogP contribution in [0.1, 0.15) is 11.1 Å². The van der Waals surface area contributed by atoms with Gasteiger partial charge in [-0.2, -0.15) is 17.7 Å². The highest BCUT2D eigenvalue weighted by Crippen LogP contribution is 2.05. The molecule has 0 unspecified atom stereocenters. The van der Waals surface area contributed by atoms with Gasteiger partial charge in [0.2, 0.25) is 0 Å². The van der Waals surface area contributed by atoms with Crippen LogP contribution < -0.4 is 0 Å². The SMILES string of the molecule is SCc1cnn(Cc2ccccc2)c1. The molecule has 2 nitrogen and oxygen atoms in total. The lowest BCUT2D eigenvalue weighted by atomic mass is 10.2. The van der Waals surface area contributed by atoms with Crippen molar-refractivity contribution in [1.29, 1.82) is 0 Å². The van der Waals surface area contributed by atoms with E-state index in [1.807, 2.05) is 35.3 Å². The molecule has 0 saturated heterocycles. The van der Waals surface area contributed by atoms with E-state index in [-0.39, 0.29) is 0 Å². The molecule has 14 heavy (non-hydrogen) atoms. The van der Waals surface area contributed by atoms with Gasteiger partial charge in [-0.3, -0.25) is 4.68 Å². The molecule has 2 aromatic rings. The zero-order valence-electron chi connectivity index (χ0n) is 7.80. The molecule has 0 atom stereocenters. The van der Waals surface area contributed by atoms with E-state index < -0.39 is 0 Å². The zero-order chi connectivity index (χ0) is 9.80. The van der Waals surface area contributed by atoms with Gasteiger partial charge in [0.05, 0.1) is 12.7 Å². The molecule has 0 aliphatic carbocycles. The van der Waals surface area contributed by atoms with E-state index in [2.05, 4.69) is 29.9 Å². The van der Waals surface area contributed by atoms with E-state index in [0.29, 0.717) is 0 Å². The zero-order valence-corrected chi connectivity index (χ0v) is 8.69. The minimum absolute atomic E-state index is 0.745. The third-order valence-electron chi connectivity index (χ3n) is 2.06. The van der Waals surface area contributed by atoms with Crippen molar-refractivity contribution >= 4 is 12.6 Å². The number of thiol groups is 1. The van der Waals surface area contributed by atoms with Gasteiger partial charge in [0, 0.05) is 11.9 Å². The third-order valence-corrected chi connectivity index (χ3v) is 2.42. The van der Waals surface area contributed by atoms with Gasteiger partial charge in [-0.15, -0.1) is 0 Å². The maximum atomic E-state index is 4.25. The highest BCUT2D eigenvalue weighted by Gasteiger charge is 1.97.